The van der Waals surface area contributed by atoms with E-state index in [1.165, 1.54) is 0 Å². The molecule has 5 nitrogen and oxygen atoms in total. The molecule has 28 heavy (non-hydrogen) atoms. The van der Waals surface area contributed by atoms with Gasteiger partial charge in [0.05, 0.1) is 10.7 Å². The van der Waals surface area contributed by atoms with Gasteiger partial charge in [-0.05, 0) is 36.8 Å². The monoisotopic (exact) mass is 387 g/mol. The van der Waals surface area contributed by atoms with Crippen LogP contribution in [0.4, 0.5) is 5.69 Å². The highest BCUT2D eigenvalue weighted by atomic mass is 32.1. The van der Waals surface area contributed by atoms with E-state index >= 15 is 0 Å². The second kappa shape index (κ2) is 7.62. The van der Waals surface area contributed by atoms with Crippen molar-refractivity contribution in [1.29, 1.82) is 0 Å². The molecule has 0 saturated carbocycles. The highest BCUT2D eigenvalue weighted by molar-refractivity contribution is 7.09. The number of thiazole rings is 1. The first-order valence-corrected chi connectivity index (χ1v) is 9.61. The fourth-order valence-corrected chi connectivity index (χ4v) is 3.51. The van der Waals surface area contributed by atoms with E-state index in [1.54, 1.807) is 29.5 Å². The average Bonchev–Trinajstić information content (AvgIpc) is 3.15. The largest absolute Gasteiger partial charge is 0.322 e. The SMILES string of the molecule is Cc1nc(-c2cccc(NC(=O)c3ccc(-c4ccccc4)[nH]c3=O)c2)cs1. The average molecular weight is 387 g/mol. The molecule has 0 aliphatic carbocycles. The molecule has 2 heterocycles. The third-order valence-electron chi connectivity index (χ3n) is 4.27. The summed E-state index contributed by atoms with van der Waals surface area (Å²) < 4.78 is 0. The lowest BCUT2D eigenvalue weighted by atomic mass is 10.1. The van der Waals surface area contributed by atoms with E-state index in [0.29, 0.717) is 11.4 Å². The first-order chi connectivity index (χ1) is 13.6. The zero-order valence-electron chi connectivity index (χ0n) is 15.1. The number of aromatic amines is 1. The number of aromatic nitrogens is 2. The van der Waals surface area contributed by atoms with Crippen molar-refractivity contribution in [3.63, 3.8) is 0 Å². The molecule has 2 aromatic heterocycles. The summed E-state index contributed by atoms with van der Waals surface area (Å²) in [6.45, 7) is 1.95. The number of pyridine rings is 1. The number of anilines is 1. The molecule has 2 N–H and O–H groups in total. The van der Waals surface area contributed by atoms with Crippen LogP contribution < -0.4 is 10.9 Å². The van der Waals surface area contributed by atoms with Crippen molar-refractivity contribution in [2.45, 2.75) is 6.92 Å². The normalized spacial score (nSPS) is 10.6. The molecule has 4 aromatic rings. The Bertz CT molecular complexity index is 1200. The van der Waals surface area contributed by atoms with Gasteiger partial charge in [0.25, 0.3) is 11.5 Å². The molecular formula is C22H17N3O2S. The minimum atomic E-state index is -0.451. The summed E-state index contributed by atoms with van der Waals surface area (Å²) >= 11 is 1.57. The predicted molar refractivity (Wildman–Crippen MR) is 113 cm³/mol. The van der Waals surface area contributed by atoms with Gasteiger partial charge in [0.15, 0.2) is 0 Å². The Balaban J connectivity index is 1.57. The molecule has 0 atom stereocenters. The van der Waals surface area contributed by atoms with Crippen molar-refractivity contribution in [1.82, 2.24) is 9.97 Å². The van der Waals surface area contributed by atoms with Gasteiger partial charge in [0, 0.05) is 22.3 Å². The second-order valence-electron chi connectivity index (χ2n) is 6.27. The molecule has 0 unspecified atom stereocenters. The van der Waals surface area contributed by atoms with Gasteiger partial charge in [0.1, 0.15) is 5.56 Å². The van der Waals surface area contributed by atoms with Crippen LogP contribution in [0.2, 0.25) is 0 Å². The van der Waals surface area contributed by atoms with Gasteiger partial charge in [-0.2, -0.15) is 0 Å². The minimum Gasteiger partial charge on any atom is -0.322 e. The van der Waals surface area contributed by atoms with Gasteiger partial charge in [-0.25, -0.2) is 4.98 Å². The van der Waals surface area contributed by atoms with Crippen molar-refractivity contribution < 1.29 is 4.79 Å². The number of rotatable bonds is 4. The van der Waals surface area contributed by atoms with E-state index < -0.39 is 11.5 Å². The molecule has 0 radical (unpaired) electrons. The predicted octanol–water partition coefficient (Wildman–Crippen LogP) is 4.73. The summed E-state index contributed by atoms with van der Waals surface area (Å²) in [7, 11) is 0. The van der Waals surface area contributed by atoms with Crippen molar-refractivity contribution in [2.75, 3.05) is 5.32 Å². The molecule has 1 amide bonds. The summed E-state index contributed by atoms with van der Waals surface area (Å²) in [6, 6.07) is 20.2. The van der Waals surface area contributed by atoms with Crippen LogP contribution in [0.1, 0.15) is 15.4 Å². The fourth-order valence-electron chi connectivity index (χ4n) is 2.89. The van der Waals surface area contributed by atoms with Crippen LogP contribution in [-0.2, 0) is 0 Å². The molecule has 0 saturated heterocycles. The molecule has 138 valence electrons. The van der Waals surface area contributed by atoms with Crippen molar-refractivity contribution in [3.05, 3.63) is 93.0 Å². The molecular weight excluding hydrogens is 370 g/mol. The lowest BCUT2D eigenvalue weighted by molar-refractivity contribution is 0.102. The Hall–Kier alpha value is -3.51. The standard InChI is InChI=1S/C22H17N3O2S/c1-14-23-20(13-28-14)16-8-5-9-17(12-16)24-21(26)18-10-11-19(25-22(18)27)15-6-3-2-4-7-15/h2-13H,1H3,(H,24,26)(H,25,27). The summed E-state index contributed by atoms with van der Waals surface area (Å²) in [6.07, 6.45) is 0. The van der Waals surface area contributed by atoms with Crippen LogP contribution >= 0.6 is 11.3 Å². The first kappa shape index (κ1) is 17.9. The Morgan fingerprint density at radius 1 is 1.00 bits per heavy atom. The van der Waals surface area contributed by atoms with E-state index in [-0.39, 0.29) is 5.56 Å². The van der Waals surface area contributed by atoms with Crippen LogP contribution in [0, 0.1) is 6.92 Å². The number of amides is 1. The number of hydrogen-bond donors (Lipinski definition) is 2. The molecule has 0 fully saturated rings. The summed E-state index contributed by atoms with van der Waals surface area (Å²) in [5, 5.41) is 5.75. The van der Waals surface area contributed by atoms with Crippen molar-refractivity contribution in [3.8, 4) is 22.5 Å². The number of nitrogens with one attached hydrogen (secondary N) is 2. The number of carbonyl (C=O) groups is 1. The van der Waals surface area contributed by atoms with Gasteiger partial charge in [-0.3, -0.25) is 9.59 Å². The third kappa shape index (κ3) is 3.77. The molecule has 0 bridgehead atoms. The maximum absolute atomic E-state index is 12.6. The summed E-state index contributed by atoms with van der Waals surface area (Å²) in [5.74, 6) is -0.451. The molecule has 0 aliphatic heterocycles. The maximum Gasteiger partial charge on any atom is 0.261 e. The first-order valence-electron chi connectivity index (χ1n) is 8.73. The molecule has 0 aliphatic rings. The van der Waals surface area contributed by atoms with Gasteiger partial charge in [0.2, 0.25) is 0 Å². The number of nitrogens with zero attached hydrogens (tertiary/aromatic N) is 1. The van der Waals surface area contributed by atoms with Gasteiger partial charge < -0.3 is 10.3 Å². The number of carbonyl (C=O) groups excluding carboxylic acids is 1. The van der Waals surface area contributed by atoms with E-state index in [1.807, 2.05) is 60.8 Å². The number of benzene rings is 2. The van der Waals surface area contributed by atoms with Gasteiger partial charge in [-0.1, -0.05) is 42.5 Å². The molecule has 4 rings (SSSR count). The van der Waals surface area contributed by atoms with Crippen LogP contribution in [0.15, 0.2) is 76.9 Å². The zero-order valence-corrected chi connectivity index (χ0v) is 15.9. The van der Waals surface area contributed by atoms with Crippen LogP contribution in [-0.4, -0.2) is 15.9 Å². The Morgan fingerprint density at radius 3 is 2.50 bits per heavy atom. The maximum atomic E-state index is 12.6. The number of hydrogen-bond acceptors (Lipinski definition) is 4. The molecule has 6 heteroatoms. The fraction of sp³-hybridized carbons (Fsp3) is 0.0455. The third-order valence-corrected chi connectivity index (χ3v) is 5.05. The van der Waals surface area contributed by atoms with Gasteiger partial charge in [-0.15, -0.1) is 11.3 Å². The van der Waals surface area contributed by atoms with Crippen LogP contribution in [0.3, 0.4) is 0 Å². The Morgan fingerprint density at radius 2 is 1.79 bits per heavy atom. The van der Waals surface area contributed by atoms with E-state index in [9.17, 15) is 9.59 Å². The van der Waals surface area contributed by atoms with Crippen LogP contribution in [0.25, 0.3) is 22.5 Å². The summed E-state index contributed by atoms with van der Waals surface area (Å²) in [5.41, 5.74) is 3.58. The smallest absolute Gasteiger partial charge is 0.261 e. The second-order valence-corrected chi connectivity index (χ2v) is 7.33. The van der Waals surface area contributed by atoms with Crippen molar-refractivity contribution in [2.24, 2.45) is 0 Å². The van der Waals surface area contributed by atoms with E-state index in [0.717, 1.165) is 21.8 Å². The highest BCUT2D eigenvalue weighted by Crippen LogP contribution is 2.24. The lowest BCUT2D eigenvalue weighted by Gasteiger charge is -2.07. The highest BCUT2D eigenvalue weighted by Gasteiger charge is 2.12. The van der Waals surface area contributed by atoms with E-state index in [2.05, 4.69) is 15.3 Å². The molecule has 2 aromatic carbocycles. The quantitative estimate of drug-likeness (QED) is 0.532. The lowest BCUT2D eigenvalue weighted by Crippen LogP contribution is -2.23. The van der Waals surface area contributed by atoms with Crippen molar-refractivity contribution >= 4 is 22.9 Å². The summed E-state index contributed by atoms with van der Waals surface area (Å²) in [4.78, 5) is 32.2. The van der Waals surface area contributed by atoms with E-state index in [4.69, 9.17) is 0 Å². The number of aryl methyl sites for hydroxylation is 1. The zero-order chi connectivity index (χ0) is 19.5. The topological polar surface area (TPSA) is 74.8 Å². The number of H-pyrrole nitrogens is 1. The molecule has 0 spiro atoms. The van der Waals surface area contributed by atoms with Gasteiger partial charge >= 0.3 is 0 Å². The Labute approximate surface area is 165 Å². The van der Waals surface area contributed by atoms with Crippen LogP contribution in [0.5, 0.6) is 0 Å². The minimum absolute atomic E-state index is 0.0644. The Kier molecular flexibility index (Phi) is 4.87.